The molecule has 0 atom stereocenters. The van der Waals surface area contributed by atoms with Crippen LogP contribution in [0.25, 0.3) is 21.0 Å². The highest BCUT2D eigenvalue weighted by Crippen LogP contribution is 2.28. The summed E-state index contributed by atoms with van der Waals surface area (Å²) in [6.07, 6.45) is 1.77. The van der Waals surface area contributed by atoms with Crippen LogP contribution in [0.15, 0.2) is 94.5 Å². The highest BCUT2D eigenvalue weighted by molar-refractivity contribution is 9.10. The van der Waals surface area contributed by atoms with E-state index in [1.54, 1.807) is 17.6 Å². The number of nitrogens with one attached hydrogen (secondary N) is 1. The number of hydrazone groups is 1. The molecule has 0 radical (unpaired) electrons. The molecule has 0 aliphatic carbocycles. The molecule has 5 aromatic rings. The van der Waals surface area contributed by atoms with Crippen molar-refractivity contribution in [2.45, 2.75) is 6.61 Å². The fraction of sp³-hybridized carbons (Fsp3) is 0.0400. The molecule has 0 unspecified atom stereocenters. The van der Waals surface area contributed by atoms with Crippen LogP contribution in [0, 0.1) is 0 Å². The Labute approximate surface area is 192 Å². The van der Waals surface area contributed by atoms with Gasteiger partial charge in [0.15, 0.2) is 0 Å². The largest absolute Gasteiger partial charge is 0.488 e. The molecule has 31 heavy (non-hydrogen) atoms. The van der Waals surface area contributed by atoms with Gasteiger partial charge >= 0.3 is 0 Å². The van der Waals surface area contributed by atoms with Crippen LogP contribution < -0.4 is 10.2 Å². The third-order valence-electron chi connectivity index (χ3n) is 4.89. The molecule has 5 rings (SSSR count). The Kier molecular flexibility index (Phi) is 5.65. The minimum Gasteiger partial charge on any atom is -0.488 e. The van der Waals surface area contributed by atoms with Crippen LogP contribution in [0.5, 0.6) is 5.75 Å². The van der Waals surface area contributed by atoms with E-state index in [1.165, 1.54) is 10.8 Å². The summed E-state index contributed by atoms with van der Waals surface area (Å²) in [4.78, 5) is 4.51. The predicted molar refractivity (Wildman–Crippen MR) is 133 cm³/mol. The van der Waals surface area contributed by atoms with Crippen molar-refractivity contribution in [3.8, 4) is 5.75 Å². The zero-order chi connectivity index (χ0) is 21.0. The molecule has 0 amide bonds. The Balaban J connectivity index is 1.25. The second kappa shape index (κ2) is 8.88. The Hall–Kier alpha value is -3.22. The van der Waals surface area contributed by atoms with E-state index in [-0.39, 0.29) is 0 Å². The van der Waals surface area contributed by atoms with Gasteiger partial charge in [0.25, 0.3) is 0 Å². The number of anilines is 1. The number of fused-ring (bicyclic) bond motifs is 2. The quantitative estimate of drug-likeness (QED) is 0.203. The third kappa shape index (κ3) is 4.45. The zero-order valence-electron chi connectivity index (χ0n) is 16.5. The summed E-state index contributed by atoms with van der Waals surface area (Å²) in [6.45, 7) is 0.506. The molecule has 4 aromatic carbocycles. The van der Waals surface area contributed by atoms with Crippen LogP contribution in [0.3, 0.4) is 0 Å². The Morgan fingerprint density at radius 3 is 2.71 bits per heavy atom. The number of rotatable bonds is 6. The van der Waals surface area contributed by atoms with Crippen molar-refractivity contribution in [1.29, 1.82) is 0 Å². The summed E-state index contributed by atoms with van der Waals surface area (Å²) in [5.41, 5.74) is 6.10. The normalized spacial score (nSPS) is 11.4. The Morgan fingerprint density at radius 2 is 1.81 bits per heavy atom. The number of hydrogen-bond donors (Lipinski definition) is 1. The Morgan fingerprint density at radius 1 is 0.968 bits per heavy atom. The standard InChI is InChI=1S/C25H18BrN3OS/c26-21-14-17(15-27-29-25-28-22-10-3-4-11-24(22)31-25)12-13-23(21)30-16-19-8-5-7-18-6-1-2-9-20(18)19/h1-15H,16H2,(H,28,29)/b27-15-. The van der Waals surface area contributed by atoms with Gasteiger partial charge in [-0.2, -0.15) is 5.10 Å². The van der Waals surface area contributed by atoms with Gasteiger partial charge in [-0.15, -0.1) is 0 Å². The minimum atomic E-state index is 0.506. The lowest BCUT2D eigenvalue weighted by Gasteiger charge is -2.11. The zero-order valence-corrected chi connectivity index (χ0v) is 18.9. The van der Waals surface area contributed by atoms with E-state index in [0.717, 1.165) is 36.7 Å². The summed E-state index contributed by atoms with van der Waals surface area (Å²) < 4.78 is 8.10. The molecule has 1 N–H and O–H groups in total. The van der Waals surface area contributed by atoms with Gasteiger partial charge in [0, 0.05) is 0 Å². The summed E-state index contributed by atoms with van der Waals surface area (Å²) in [6, 6.07) is 28.6. The van der Waals surface area contributed by atoms with Crippen LogP contribution in [0.4, 0.5) is 5.13 Å². The summed E-state index contributed by atoms with van der Waals surface area (Å²) in [5, 5.41) is 7.52. The van der Waals surface area contributed by atoms with E-state index in [0.29, 0.717) is 6.61 Å². The van der Waals surface area contributed by atoms with E-state index in [1.807, 2.05) is 36.4 Å². The second-order valence-corrected chi connectivity index (χ2v) is 8.86. The van der Waals surface area contributed by atoms with E-state index in [9.17, 15) is 0 Å². The molecule has 0 aliphatic heterocycles. The third-order valence-corrected chi connectivity index (χ3v) is 6.45. The summed E-state index contributed by atoms with van der Waals surface area (Å²) in [5.74, 6) is 0.796. The van der Waals surface area contributed by atoms with Crippen LogP contribution in [0.2, 0.25) is 0 Å². The molecule has 0 saturated carbocycles. The van der Waals surface area contributed by atoms with E-state index >= 15 is 0 Å². The lowest BCUT2D eigenvalue weighted by Crippen LogP contribution is -1.98. The first kappa shape index (κ1) is 19.7. The predicted octanol–water partition coefficient (Wildman–Crippen LogP) is 7.24. The van der Waals surface area contributed by atoms with Gasteiger partial charge in [-0.3, -0.25) is 5.43 Å². The maximum atomic E-state index is 6.08. The van der Waals surface area contributed by atoms with Gasteiger partial charge < -0.3 is 4.74 Å². The van der Waals surface area contributed by atoms with Crippen LogP contribution in [-0.2, 0) is 6.61 Å². The van der Waals surface area contributed by atoms with Crippen LogP contribution in [-0.4, -0.2) is 11.2 Å². The first-order valence-electron chi connectivity index (χ1n) is 9.80. The van der Waals surface area contributed by atoms with Crippen molar-refractivity contribution in [3.05, 3.63) is 101 Å². The number of ether oxygens (including phenoxy) is 1. The summed E-state index contributed by atoms with van der Waals surface area (Å²) in [7, 11) is 0. The summed E-state index contributed by atoms with van der Waals surface area (Å²) >= 11 is 5.19. The van der Waals surface area contributed by atoms with Gasteiger partial charge in [-0.05, 0) is 68.2 Å². The van der Waals surface area contributed by atoms with Gasteiger partial charge in [-0.1, -0.05) is 65.9 Å². The van der Waals surface area contributed by atoms with Gasteiger partial charge in [0.2, 0.25) is 5.13 Å². The number of aromatic nitrogens is 1. The molecule has 0 saturated heterocycles. The molecule has 6 heteroatoms. The number of para-hydroxylation sites is 1. The lowest BCUT2D eigenvalue weighted by atomic mass is 10.1. The highest BCUT2D eigenvalue weighted by atomic mass is 79.9. The molecule has 1 aromatic heterocycles. The maximum Gasteiger partial charge on any atom is 0.204 e. The number of halogens is 1. The highest BCUT2D eigenvalue weighted by Gasteiger charge is 2.06. The number of benzene rings is 4. The number of nitrogens with zero attached hydrogens (tertiary/aromatic N) is 2. The molecule has 1 heterocycles. The minimum absolute atomic E-state index is 0.506. The van der Waals surface area contributed by atoms with Crippen molar-refractivity contribution in [3.63, 3.8) is 0 Å². The van der Waals surface area contributed by atoms with Gasteiger partial charge in [-0.25, -0.2) is 4.98 Å². The van der Waals surface area contributed by atoms with E-state index < -0.39 is 0 Å². The molecule has 152 valence electrons. The molecule has 0 spiro atoms. The van der Waals surface area contributed by atoms with Crippen molar-refractivity contribution in [1.82, 2.24) is 4.98 Å². The molecule has 0 fully saturated rings. The van der Waals surface area contributed by atoms with Crippen LogP contribution >= 0.6 is 27.3 Å². The average Bonchev–Trinajstić information content (AvgIpc) is 3.21. The van der Waals surface area contributed by atoms with Crippen molar-refractivity contribution >= 4 is 59.6 Å². The Bertz CT molecular complexity index is 1360. The first-order chi connectivity index (χ1) is 15.3. The number of thiazole rings is 1. The van der Waals surface area contributed by atoms with Gasteiger partial charge in [0.05, 0.1) is 20.9 Å². The van der Waals surface area contributed by atoms with Crippen molar-refractivity contribution in [2.75, 3.05) is 5.43 Å². The molecule has 0 aliphatic rings. The van der Waals surface area contributed by atoms with Gasteiger partial charge in [0.1, 0.15) is 12.4 Å². The van der Waals surface area contributed by atoms with E-state index in [2.05, 4.69) is 80.0 Å². The smallest absolute Gasteiger partial charge is 0.204 e. The topological polar surface area (TPSA) is 46.5 Å². The maximum absolute atomic E-state index is 6.08. The second-order valence-electron chi connectivity index (χ2n) is 6.97. The molecule has 0 bridgehead atoms. The lowest BCUT2D eigenvalue weighted by molar-refractivity contribution is 0.305. The number of hydrogen-bond acceptors (Lipinski definition) is 5. The SMILES string of the molecule is Brc1cc(/C=N\Nc2nc3ccccc3s2)ccc1OCc1cccc2ccccc12. The molecular formula is C25H18BrN3OS. The van der Waals surface area contributed by atoms with Crippen LogP contribution in [0.1, 0.15) is 11.1 Å². The molecule has 4 nitrogen and oxygen atoms in total. The average molecular weight is 488 g/mol. The van der Waals surface area contributed by atoms with Crippen molar-refractivity contribution in [2.24, 2.45) is 5.10 Å². The van der Waals surface area contributed by atoms with E-state index in [4.69, 9.17) is 4.74 Å². The monoisotopic (exact) mass is 487 g/mol. The fourth-order valence-electron chi connectivity index (χ4n) is 3.37. The fourth-order valence-corrected chi connectivity index (χ4v) is 4.70. The first-order valence-corrected chi connectivity index (χ1v) is 11.4. The molecular weight excluding hydrogens is 470 g/mol. The van der Waals surface area contributed by atoms with Crippen molar-refractivity contribution < 1.29 is 4.74 Å².